The number of nitrogens with one attached hydrogen (secondary N) is 2. The molecule has 0 fully saturated rings. The number of hydrogen-bond acceptors (Lipinski definition) is 6. The zero-order valence-electron chi connectivity index (χ0n) is 10.7. The predicted octanol–water partition coefficient (Wildman–Crippen LogP) is -2.90. The van der Waals surface area contributed by atoms with Gasteiger partial charge in [0.15, 0.2) is 0 Å². The van der Waals surface area contributed by atoms with Gasteiger partial charge in [0, 0.05) is 12.8 Å². The lowest BCUT2D eigenvalue weighted by molar-refractivity contribution is -0.123. The number of aliphatic hydroxyl groups excluding tert-OH is 4. The lowest BCUT2D eigenvalue weighted by atomic mass is 10.2. The van der Waals surface area contributed by atoms with Gasteiger partial charge in [-0.1, -0.05) is 0 Å². The molecule has 0 unspecified atom stereocenters. The summed E-state index contributed by atoms with van der Waals surface area (Å²) in [6, 6.07) is -1.37. The van der Waals surface area contributed by atoms with Crippen LogP contribution in [0.2, 0.25) is 0 Å². The molecule has 0 aromatic carbocycles. The standard InChI is InChI=1S/C11H22N2O6/c14-4-8(5-15)12-10(18)2-1-3-11(19)13-9(6-16)7-17/h8-9,14-17H,1-7H2,(H,12,18)(H,13,19). The number of amides is 2. The Bertz CT molecular complexity index is 240. The second-order valence-corrected chi connectivity index (χ2v) is 4.11. The summed E-state index contributed by atoms with van der Waals surface area (Å²) < 4.78 is 0. The van der Waals surface area contributed by atoms with Gasteiger partial charge in [0.25, 0.3) is 0 Å². The third kappa shape index (κ3) is 8.49. The molecule has 8 nitrogen and oxygen atoms in total. The van der Waals surface area contributed by atoms with E-state index >= 15 is 0 Å². The van der Waals surface area contributed by atoms with Crippen molar-refractivity contribution in [3.05, 3.63) is 0 Å². The molecule has 8 heteroatoms. The number of carbonyl (C=O) groups excluding carboxylic acids is 2. The molecule has 112 valence electrons. The Kier molecular flexibility index (Phi) is 9.99. The highest BCUT2D eigenvalue weighted by Gasteiger charge is 2.12. The van der Waals surface area contributed by atoms with E-state index in [4.69, 9.17) is 20.4 Å². The first kappa shape index (κ1) is 17.8. The average molecular weight is 278 g/mol. The summed E-state index contributed by atoms with van der Waals surface area (Å²) >= 11 is 0. The summed E-state index contributed by atoms with van der Waals surface area (Å²) in [5, 5.41) is 39.8. The molecule has 2 amide bonds. The summed E-state index contributed by atoms with van der Waals surface area (Å²) in [6.45, 7) is -1.40. The van der Waals surface area contributed by atoms with Gasteiger partial charge in [-0.2, -0.15) is 0 Å². The molecule has 0 atom stereocenters. The van der Waals surface area contributed by atoms with Crippen LogP contribution in [0.25, 0.3) is 0 Å². The van der Waals surface area contributed by atoms with Crippen LogP contribution in [0.1, 0.15) is 19.3 Å². The Hall–Kier alpha value is -1.22. The molecule has 0 heterocycles. The van der Waals surface area contributed by atoms with Crippen molar-refractivity contribution in [3.8, 4) is 0 Å². The molecule has 0 aliphatic heterocycles. The minimum absolute atomic E-state index is 0.0901. The smallest absolute Gasteiger partial charge is 0.220 e. The summed E-state index contributed by atoms with van der Waals surface area (Å²) in [5.41, 5.74) is 0. The number of aliphatic hydroxyl groups is 4. The quantitative estimate of drug-likeness (QED) is 0.253. The molecular formula is C11H22N2O6. The van der Waals surface area contributed by atoms with Crippen molar-refractivity contribution < 1.29 is 30.0 Å². The van der Waals surface area contributed by atoms with Gasteiger partial charge in [0.1, 0.15) is 0 Å². The van der Waals surface area contributed by atoms with E-state index in [1.54, 1.807) is 0 Å². The molecule has 0 radical (unpaired) electrons. The molecule has 0 rings (SSSR count). The highest BCUT2D eigenvalue weighted by Crippen LogP contribution is 1.97. The predicted molar refractivity (Wildman–Crippen MR) is 66.1 cm³/mol. The van der Waals surface area contributed by atoms with Crippen LogP contribution < -0.4 is 10.6 Å². The van der Waals surface area contributed by atoms with Gasteiger partial charge in [-0.3, -0.25) is 9.59 Å². The van der Waals surface area contributed by atoms with E-state index in [0.717, 1.165) is 0 Å². The van der Waals surface area contributed by atoms with Gasteiger partial charge in [-0.25, -0.2) is 0 Å². The van der Waals surface area contributed by atoms with E-state index in [1.165, 1.54) is 0 Å². The van der Waals surface area contributed by atoms with Crippen LogP contribution in [0.15, 0.2) is 0 Å². The molecular weight excluding hydrogens is 256 g/mol. The Morgan fingerprint density at radius 3 is 1.32 bits per heavy atom. The minimum Gasteiger partial charge on any atom is -0.394 e. The van der Waals surface area contributed by atoms with Crippen LogP contribution in [0, 0.1) is 0 Å². The Morgan fingerprint density at radius 2 is 1.05 bits per heavy atom. The second-order valence-electron chi connectivity index (χ2n) is 4.11. The first-order valence-electron chi connectivity index (χ1n) is 6.09. The van der Waals surface area contributed by atoms with Crippen molar-refractivity contribution in [1.82, 2.24) is 10.6 Å². The summed E-state index contributed by atoms with van der Waals surface area (Å²) in [4.78, 5) is 22.7. The molecule has 19 heavy (non-hydrogen) atoms. The maximum atomic E-state index is 11.3. The molecule has 0 bridgehead atoms. The summed E-state index contributed by atoms with van der Waals surface area (Å²) in [5.74, 6) is -0.719. The maximum Gasteiger partial charge on any atom is 0.220 e. The van der Waals surface area contributed by atoms with Crippen molar-refractivity contribution in [3.63, 3.8) is 0 Å². The lowest BCUT2D eigenvalue weighted by Crippen LogP contribution is -2.41. The first-order chi connectivity index (χ1) is 9.07. The SMILES string of the molecule is O=C(CCCC(=O)NC(CO)CO)NC(CO)CO. The normalized spacial score (nSPS) is 10.8. The molecule has 0 aliphatic rings. The second kappa shape index (κ2) is 10.7. The van der Waals surface area contributed by atoms with E-state index in [-0.39, 0.29) is 51.1 Å². The van der Waals surface area contributed by atoms with Crippen LogP contribution >= 0.6 is 0 Å². The molecule has 0 aromatic heterocycles. The van der Waals surface area contributed by atoms with Gasteiger partial charge in [-0.15, -0.1) is 0 Å². The third-order valence-corrected chi connectivity index (χ3v) is 2.42. The minimum atomic E-state index is -0.686. The zero-order valence-corrected chi connectivity index (χ0v) is 10.7. The van der Waals surface area contributed by atoms with E-state index in [1.807, 2.05) is 0 Å². The molecule has 6 N–H and O–H groups in total. The van der Waals surface area contributed by atoms with Crippen LogP contribution in [0.3, 0.4) is 0 Å². The van der Waals surface area contributed by atoms with E-state index in [9.17, 15) is 9.59 Å². The summed E-state index contributed by atoms with van der Waals surface area (Å²) in [6.07, 6.45) is 0.477. The monoisotopic (exact) mass is 278 g/mol. The van der Waals surface area contributed by atoms with Crippen molar-refractivity contribution >= 4 is 11.8 Å². The van der Waals surface area contributed by atoms with E-state index in [2.05, 4.69) is 10.6 Å². The largest absolute Gasteiger partial charge is 0.394 e. The van der Waals surface area contributed by atoms with Gasteiger partial charge >= 0.3 is 0 Å². The lowest BCUT2D eigenvalue weighted by Gasteiger charge is -2.14. The fourth-order valence-electron chi connectivity index (χ4n) is 1.31. The van der Waals surface area contributed by atoms with Crippen molar-refractivity contribution in [2.45, 2.75) is 31.3 Å². The van der Waals surface area contributed by atoms with Crippen LogP contribution in [-0.4, -0.2) is 70.8 Å². The molecule has 0 aliphatic carbocycles. The number of hydrogen-bond donors (Lipinski definition) is 6. The van der Waals surface area contributed by atoms with Gasteiger partial charge in [-0.05, 0) is 6.42 Å². The van der Waals surface area contributed by atoms with Gasteiger partial charge < -0.3 is 31.1 Å². The number of carbonyl (C=O) groups is 2. The fourth-order valence-corrected chi connectivity index (χ4v) is 1.31. The molecule has 0 saturated heterocycles. The topological polar surface area (TPSA) is 139 Å². The highest BCUT2D eigenvalue weighted by molar-refractivity contribution is 5.79. The third-order valence-electron chi connectivity index (χ3n) is 2.42. The van der Waals surface area contributed by atoms with Gasteiger partial charge in [0.2, 0.25) is 11.8 Å². The Morgan fingerprint density at radius 1 is 0.737 bits per heavy atom. The molecule has 0 spiro atoms. The highest BCUT2D eigenvalue weighted by atomic mass is 16.3. The van der Waals surface area contributed by atoms with Crippen LogP contribution in [0.5, 0.6) is 0 Å². The molecule has 0 aromatic rings. The van der Waals surface area contributed by atoms with Crippen molar-refractivity contribution in [2.75, 3.05) is 26.4 Å². The maximum absolute atomic E-state index is 11.3. The fraction of sp³-hybridized carbons (Fsp3) is 0.818. The first-order valence-corrected chi connectivity index (χ1v) is 6.09. The zero-order chi connectivity index (χ0) is 14.7. The van der Waals surface area contributed by atoms with Crippen molar-refractivity contribution in [2.24, 2.45) is 0 Å². The van der Waals surface area contributed by atoms with Crippen LogP contribution in [-0.2, 0) is 9.59 Å². The Balaban J connectivity index is 3.78. The van der Waals surface area contributed by atoms with Gasteiger partial charge in [0.05, 0.1) is 38.5 Å². The summed E-state index contributed by atoms with van der Waals surface area (Å²) in [7, 11) is 0. The Labute approximate surface area is 111 Å². The van der Waals surface area contributed by atoms with Crippen molar-refractivity contribution in [1.29, 1.82) is 0 Å². The van der Waals surface area contributed by atoms with E-state index < -0.39 is 12.1 Å². The number of rotatable bonds is 10. The molecule has 0 saturated carbocycles. The average Bonchev–Trinajstić information content (AvgIpc) is 2.42. The van der Waals surface area contributed by atoms with E-state index in [0.29, 0.717) is 6.42 Å². The van der Waals surface area contributed by atoms with Crippen LogP contribution in [0.4, 0.5) is 0 Å².